The fourth-order valence-corrected chi connectivity index (χ4v) is 3.07. The van der Waals surface area contributed by atoms with Gasteiger partial charge in [0.25, 0.3) is 0 Å². The lowest BCUT2D eigenvalue weighted by atomic mass is 10.0. The lowest BCUT2D eigenvalue weighted by Crippen LogP contribution is -2.48. The Morgan fingerprint density at radius 3 is 2.86 bits per heavy atom. The summed E-state index contributed by atoms with van der Waals surface area (Å²) in [5.74, 6) is -0.855. The molecule has 2 rings (SSSR count). The Kier molecular flexibility index (Phi) is 6.17. The Bertz CT molecular complexity index is 506. The van der Waals surface area contributed by atoms with Crippen LogP contribution in [0.3, 0.4) is 0 Å². The maximum absolute atomic E-state index is 13.7. The highest BCUT2D eigenvalue weighted by molar-refractivity contribution is 6.31. The molecule has 1 aliphatic rings. The van der Waals surface area contributed by atoms with E-state index in [1.807, 2.05) is 0 Å². The van der Waals surface area contributed by atoms with Crippen molar-refractivity contribution < 1.29 is 19.0 Å². The monoisotopic (exact) mass is 329 g/mol. The zero-order valence-corrected chi connectivity index (χ0v) is 13.3. The average molecular weight is 330 g/mol. The number of hydrogen-bond acceptors (Lipinski definition) is 3. The molecule has 0 aliphatic heterocycles. The van der Waals surface area contributed by atoms with E-state index in [2.05, 4.69) is 5.32 Å². The molecular formula is C16H21ClFNO3. The molecule has 6 heteroatoms. The van der Waals surface area contributed by atoms with Gasteiger partial charge in [0, 0.05) is 17.7 Å². The maximum atomic E-state index is 13.7. The highest BCUT2D eigenvalue weighted by atomic mass is 35.5. The number of carbonyl (C=O) groups excluding carboxylic acids is 1. The van der Waals surface area contributed by atoms with Crippen LogP contribution in [0.2, 0.25) is 5.02 Å². The zero-order valence-electron chi connectivity index (χ0n) is 12.5. The van der Waals surface area contributed by atoms with E-state index < -0.39 is 11.9 Å². The second-order valence-electron chi connectivity index (χ2n) is 5.60. The van der Waals surface area contributed by atoms with Gasteiger partial charge in [-0.25, -0.2) is 4.39 Å². The summed E-state index contributed by atoms with van der Waals surface area (Å²) < 4.78 is 19.0. The number of nitrogens with one attached hydrogen (secondary N) is 1. The van der Waals surface area contributed by atoms with Gasteiger partial charge in [-0.05, 0) is 25.0 Å². The van der Waals surface area contributed by atoms with Gasteiger partial charge < -0.3 is 15.2 Å². The fourth-order valence-electron chi connectivity index (χ4n) is 2.84. The Morgan fingerprint density at radius 2 is 2.18 bits per heavy atom. The molecule has 4 nitrogen and oxygen atoms in total. The van der Waals surface area contributed by atoms with Gasteiger partial charge >= 0.3 is 0 Å². The second-order valence-corrected chi connectivity index (χ2v) is 6.01. The van der Waals surface area contributed by atoms with Crippen molar-refractivity contribution in [3.8, 4) is 0 Å². The highest BCUT2D eigenvalue weighted by Gasteiger charge is 2.31. The van der Waals surface area contributed by atoms with E-state index in [1.165, 1.54) is 12.1 Å². The van der Waals surface area contributed by atoms with Gasteiger partial charge in [-0.2, -0.15) is 0 Å². The number of carbonyl (C=O) groups is 1. The number of amides is 1. The smallest absolute Gasteiger partial charge is 0.224 e. The normalized spacial score (nSPS) is 25.5. The third kappa shape index (κ3) is 4.18. The van der Waals surface area contributed by atoms with Crippen LogP contribution in [0.5, 0.6) is 0 Å². The molecule has 1 saturated carbocycles. The number of aliphatic hydroxyl groups is 1. The molecule has 22 heavy (non-hydrogen) atoms. The van der Waals surface area contributed by atoms with Gasteiger partial charge in [-0.1, -0.05) is 30.5 Å². The number of methoxy groups -OCH3 is 1. The largest absolute Gasteiger partial charge is 0.388 e. The minimum atomic E-state index is -0.757. The number of hydrogen-bond donors (Lipinski definition) is 2. The Hall–Kier alpha value is -1.17. The predicted octanol–water partition coefficient (Wildman–Crippen LogP) is 2.46. The van der Waals surface area contributed by atoms with Crippen molar-refractivity contribution in [2.75, 3.05) is 7.11 Å². The van der Waals surface area contributed by atoms with E-state index in [-0.39, 0.29) is 35.1 Å². The molecule has 0 spiro atoms. The molecular weight excluding hydrogens is 309 g/mol. The van der Waals surface area contributed by atoms with Crippen molar-refractivity contribution in [3.63, 3.8) is 0 Å². The lowest BCUT2D eigenvalue weighted by molar-refractivity contribution is -0.123. The third-order valence-corrected chi connectivity index (χ3v) is 4.45. The van der Waals surface area contributed by atoms with E-state index in [9.17, 15) is 14.3 Å². The van der Waals surface area contributed by atoms with Crippen LogP contribution in [0.1, 0.15) is 31.2 Å². The maximum Gasteiger partial charge on any atom is 0.224 e. The van der Waals surface area contributed by atoms with Crippen molar-refractivity contribution in [3.05, 3.63) is 34.6 Å². The minimum Gasteiger partial charge on any atom is -0.388 e. The molecule has 1 aromatic rings. The third-order valence-electron chi connectivity index (χ3n) is 4.10. The molecule has 1 fully saturated rings. The SMILES string of the molecule is CO[C@@H]1CCCC[C@@H](NC(=O)Cc2c(F)cccc2Cl)[C@H]1O. The Balaban J connectivity index is 2.01. The van der Waals surface area contributed by atoms with Crippen LogP contribution in [0, 0.1) is 5.82 Å². The summed E-state index contributed by atoms with van der Waals surface area (Å²) in [6.45, 7) is 0. The van der Waals surface area contributed by atoms with Gasteiger partial charge in [0.2, 0.25) is 5.91 Å². The summed E-state index contributed by atoms with van der Waals surface area (Å²) in [7, 11) is 1.55. The van der Waals surface area contributed by atoms with Crippen LogP contribution < -0.4 is 5.32 Å². The second kappa shape index (κ2) is 7.90. The number of rotatable bonds is 4. The number of aliphatic hydroxyl groups excluding tert-OH is 1. The molecule has 0 radical (unpaired) electrons. The molecule has 1 amide bonds. The van der Waals surface area contributed by atoms with Crippen LogP contribution in [-0.4, -0.2) is 36.4 Å². The molecule has 0 saturated heterocycles. The summed E-state index contributed by atoms with van der Waals surface area (Å²) in [6, 6.07) is 3.94. The first-order chi connectivity index (χ1) is 10.5. The first-order valence-corrected chi connectivity index (χ1v) is 7.84. The van der Waals surface area contributed by atoms with E-state index in [1.54, 1.807) is 13.2 Å². The van der Waals surface area contributed by atoms with Gasteiger partial charge in [-0.3, -0.25) is 4.79 Å². The zero-order chi connectivity index (χ0) is 16.1. The molecule has 122 valence electrons. The molecule has 1 aliphatic carbocycles. The summed E-state index contributed by atoms with van der Waals surface area (Å²) in [5, 5.41) is 13.3. The van der Waals surface area contributed by atoms with Gasteiger partial charge in [-0.15, -0.1) is 0 Å². The molecule has 0 bridgehead atoms. The van der Waals surface area contributed by atoms with Gasteiger partial charge in [0.15, 0.2) is 0 Å². The topological polar surface area (TPSA) is 58.6 Å². The molecule has 0 heterocycles. The van der Waals surface area contributed by atoms with Crippen molar-refractivity contribution in [2.45, 2.75) is 50.4 Å². The molecule has 2 N–H and O–H groups in total. The van der Waals surface area contributed by atoms with Crippen molar-refractivity contribution in [2.24, 2.45) is 0 Å². The van der Waals surface area contributed by atoms with Crippen LogP contribution in [0.4, 0.5) is 4.39 Å². The van der Waals surface area contributed by atoms with E-state index in [4.69, 9.17) is 16.3 Å². The van der Waals surface area contributed by atoms with Gasteiger partial charge in [0.05, 0.1) is 18.6 Å². The summed E-state index contributed by atoms with van der Waals surface area (Å²) >= 11 is 5.93. The number of ether oxygens (including phenoxy) is 1. The first-order valence-electron chi connectivity index (χ1n) is 7.46. The summed E-state index contributed by atoms with van der Waals surface area (Å²) in [6.07, 6.45) is 2.11. The van der Waals surface area contributed by atoms with Gasteiger partial charge in [0.1, 0.15) is 11.9 Å². The quantitative estimate of drug-likeness (QED) is 0.834. The Labute approximate surface area is 134 Å². The van der Waals surface area contributed by atoms with Crippen LogP contribution >= 0.6 is 11.6 Å². The first kappa shape index (κ1) is 17.2. The Morgan fingerprint density at radius 1 is 1.45 bits per heavy atom. The molecule has 0 unspecified atom stereocenters. The highest BCUT2D eigenvalue weighted by Crippen LogP contribution is 2.22. The van der Waals surface area contributed by atoms with E-state index >= 15 is 0 Å². The number of halogens is 2. The van der Waals surface area contributed by atoms with Crippen molar-refractivity contribution >= 4 is 17.5 Å². The van der Waals surface area contributed by atoms with Crippen LogP contribution in [0.15, 0.2) is 18.2 Å². The fraction of sp³-hybridized carbons (Fsp3) is 0.562. The standard InChI is InChI=1S/C16H21ClFNO3/c1-22-14-8-3-2-7-13(16(14)21)19-15(20)9-10-11(17)5-4-6-12(10)18/h4-6,13-14,16,21H,2-3,7-9H2,1H3,(H,19,20)/t13-,14-,16-/m1/s1. The summed E-state index contributed by atoms with van der Waals surface area (Å²) in [5.41, 5.74) is 0.174. The summed E-state index contributed by atoms with van der Waals surface area (Å²) in [4.78, 5) is 12.1. The molecule has 1 aromatic carbocycles. The molecule has 0 aromatic heterocycles. The van der Waals surface area contributed by atoms with Crippen LogP contribution in [0.25, 0.3) is 0 Å². The molecule has 3 atom stereocenters. The van der Waals surface area contributed by atoms with Crippen LogP contribution in [-0.2, 0) is 16.0 Å². The lowest BCUT2D eigenvalue weighted by Gasteiger charge is -2.27. The predicted molar refractivity (Wildman–Crippen MR) is 82.3 cm³/mol. The average Bonchev–Trinajstić information content (AvgIpc) is 2.65. The van der Waals surface area contributed by atoms with Crippen molar-refractivity contribution in [1.82, 2.24) is 5.32 Å². The minimum absolute atomic E-state index is 0.146. The number of benzene rings is 1. The van der Waals surface area contributed by atoms with E-state index in [0.29, 0.717) is 6.42 Å². The van der Waals surface area contributed by atoms with Crippen molar-refractivity contribution in [1.29, 1.82) is 0 Å². The van der Waals surface area contributed by atoms with E-state index in [0.717, 1.165) is 19.3 Å².